The van der Waals surface area contributed by atoms with E-state index in [0.29, 0.717) is 36.4 Å². The fraction of sp³-hybridized carbons (Fsp3) is 0.852. The van der Waals surface area contributed by atoms with Gasteiger partial charge >= 0.3 is 5.97 Å². The molecule has 2 aliphatic carbocycles. The van der Waals surface area contributed by atoms with Crippen molar-refractivity contribution in [2.24, 2.45) is 17.8 Å². The molecule has 5 atom stereocenters. The highest BCUT2D eigenvalue weighted by Gasteiger charge is 2.47. The number of carbonyl (C=O) groups excluding carboxylic acids is 2. The number of allylic oxidation sites excluding steroid dienone is 2. The topological polar surface area (TPSA) is 61.8 Å². The number of Topliss-reactive ketones (excluding diaryl/α,β-unsaturated/α-hetero) is 1. The summed E-state index contributed by atoms with van der Waals surface area (Å²) in [5, 5.41) is 0. The summed E-state index contributed by atoms with van der Waals surface area (Å²) in [5.74, 6) is 2.04. The second kappa shape index (κ2) is 13.5. The van der Waals surface area contributed by atoms with Crippen molar-refractivity contribution in [3.05, 3.63) is 11.6 Å². The average Bonchev–Trinajstić information content (AvgIpc) is 3.33. The van der Waals surface area contributed by atoms with Gasteiger partial charge in [0.25, 0.3) is 0 Å². The predicted molar refractivity (Wildman–Crippen MR) is 125 cm³/mol. The molecule has 0 radical (unpaired) electrons. The van der Waals surface area contributed by atoms with Crippen LogP contribution in [0.3, 0.4) is 0 Å². The molecular weight excluding hydrogens is 404 g/mol. The Kier molecular flexibility index (Phi) is 10.7. The van der Waals surface area contributed by atoms with Gasteiger partial charge in [-0.05, 0) is 82.0 Å². The first-order valence-corrected chi connectivity index (χ1v) is 13.1. The lowest BCUT2D eigenvalue weighted by atomic mass is 9.86. The number of ketones is 1. The molecule has 0 N–H and O–H groups in total. The summed E-state index contributed by atoms with van der Waals surface area (Å²) in [6.45, 7) is 2.99. The lowest BCUT2D eigenvalue weighted by molar-refractivity contribution is -0.196. The molecule has 0 spiro atoms. The van der Waals surface area contributed by atoms with E-state index in [2.05, 4.69) is 13.0 Å². The van der Waals surface area contributed by atoms with Gasteiger partial charge in [-0.2, -0.15) is 0 Å². The molecule has 0 amide bonds. The van der Waals surface area contributed by atoms with E-state index < -0.39 is 0 Å². The molecule has 1 aliphatic heterocycles. The average molecular weight is 449 g/mol. The lowest BCUT2D eigenvalue weighted by Gasteiger charge is -2.30. The van der Waals surface area contributed by atoms with Crippen molar-refractivity contribution in [1.82, 2.24) is 0 Å². The minimum Gasteiger partial charge on any atom is -0.469 e. The molecule has 1 heterocycles. The van der Waals surface area contributed by atoms with Crippen LogP contribution in [-0.4, -0.2) is 37.9 Å². The molecule has 1 saturated heterocycles. The third kappa shape index (κ3) is 7.69. The van der Waals surface area contributed by atoms with Crippen molar-refractivity contribution in [3.63, 3.8) is 0 Å². The molecule has 0 aromatic heterocycles. The van der Waals surface area contributed by atoms with Gasteiger partial charge in [0.1, 0.15) is 5.78 Å². The maximum atomic E-state index is 12.5. The van der Waals surface area contributed by atoms with Gasteiger partial charge in [0.15, 0.2) is 6.29 Å². The van der Waals surface area contributed by atoms with E-state index in [1.54, 1.807) is 0 Å². The van der Waals surface area contributed by atoms with Crippen LogP contribution in [0.15, 0.2) is 11.6 Å². The summed E-state index contributed by atoms with van der Waals surface area (Å²) in [7, 11) is 1.45. The Bertz CT molecular complexity index is 622. The first kappa shape index (κ1) is 25.4. The minimum atomic E-state index is -0.125. The quantitative estimate of drug-likeness (QED) is 0.192. The number of carbonyl (C=O) groups is 2. The zero-order valence-electron chi connectivity index (χ0n) is 20.3. The monoisotopic (exact) mass is 448 g/mol. The smallest absolute Gasteiger partial charge is 0.305 e. The maximum Gasteiger partial charge on any atom is 0.305 e. The summed E-state index contributed by atoms with van der Waals surface area (Å²) in [4.78, 5) is 23.8. The van der Waals surface area contributed by atoms with Gasteiger partial charge in [-0.25, -0.2) is 0 Å². The third-order valence-corrected chi connectivity index (χ3v) is 7.72. The van der Waals surface area contributed by atoms with Crippen LogP contribution in [0.5, 0.6) is 0 Å². The van der Waals surface area contributed by atoms with Gasteiger partial charge in [0, 0.05) is 25.9 Å². The molecule has 182 valence electrons. The summed E-state index contributed by atoms with van der Waals surface area (Å²) < 4.78 is 17.1. The Hall–Kier alpha value is -1.20. The molecule has 2 saturated carbocycles. The number of hydrogen-bond acceptors (Lipinski definition) is 5. The molecule has 32 heavy (non-hydrogen) atoms. The Labute approximate surface area is 194 Å². The molecule has 3 fully saturated rings. The minimum absolute atomic E-state index is 0.0522. The van der Waals surface area contributed by atoms with Crippen LogP contribution in [-0.2, 0) is 23.8 Å². The Morgan fingerprint density at radius 3 is 2.72 bits per heavy atom. The summed E-state index contributed by atoms with van der Waals surface area (Å²) in [6.07, 6.45) is 17.2. The van der Waals surface area contributed by atoms with Crippen molar-refractivity contribution in [1.29, 1.82) is 0 Å². The van der Waals surface area contributed by atoms with Gasteiger partial charge in [0.2, 0.25) is 0 Å². The zero-order chi connectivity index (χ0) is 22.8. The zero-order valence-corrected chi connectivity index (χ0v) is 20.3. The maximum absolute atomic E-state index is 12.5. The predicted octanol–water partition coefficient (Wildman–Crippen LogP) is 6.14. The van der Waals surface area contributed by atoms with Gasteiger partial charge in [-0.3, -0.25) is 9.59 Å². The van der Waals surface area contributed by atoms with E-state index in [9.17, 15) is 9.59 Å². The highest BCUT2D eigenvalue weighted by Crippen LogP contribution is 2.52. The van der Waals surface area contributed by atoms with E-state index in [-0.39, 0.29) is 18.4 Å². The number of ether oxygens (including phenoxy) is 3. The fourth-order valence-corrected chi connectivity index (χ4v) is 5.96. The number of methoxy groups -OCH3 is 1. The first-order chi connectivity index (χ1) is 15.6. The van der Waals surface area contributed by atoms with Crippen molar-refractivity contribution in [2.75, 3.05) is 13.7 Å². The van der Waals surface area contributed by atoms with E-state index in [1.165, 1.54) is 19.1 Å². The number of hydrogen-bond donors (Lipinski definition) is 0. The first-order valence-electron chi connectivity index (χ1n) is 13.1. The van der Waals surface area contributed by atoms with Crippen LogP contribution in [0.4, 0.5) is 0 Å². The largest absolute Gasteiger partial charge is 0.469 e. The van der Waals surface area contributed by atoms with Gasteiger partial charge in [-0.15, -0.1) is 0 Å². The summed E-state index contributed by atoms with van der Waals surface area (Å²) in [6, 6.07) is 0. The van der Waals surface area contributed by atoms with Crippen LogP contribution in [0.25, 0.3) is 0 Å². The second-order valence-electron chi connectivity index (χ2n) is 10.1. The molecule has 0 bridgehead atoms. The second-order valence-corrected chi connectivity index (χ2v) is 10.1. The van der Waals surface area contributed by atoms with Gasteiger partial charge < -0.3 is 14.2 Å². The molecule has 5 nitrogen and oxygen atoms in total. The molecule has 3 rings (SSSR count). The Balaban J connectivity index is 1.54. The van der Waals surface area contributed by atoms with E-state index in [0.717, 1.165) is 83.7 Å². The standard InChI is InChI=1S/C27H44O5/c1-3-4-5-11-22(28)14-15-23-24-18-20(10-6-7-12-26(29)30-2)17-21(24)19-25(23)32-27-13-8-9-16-31-27/h10,21,23-25,27H,3-9,11-19H2,1-2H3/t21-,23+,24-,25+,27?/m0/s1. The third-order valence-electron chi connectivity index (χ3n) is 7.72. The molecule has 3 aliphatic rings. The van der Waals surface area contributed by atoms with E-state index >= 15 is 0 Å². The Morgan fingerprint density at radius 1 is 1.09 bits per heavy atom. The van der Waals surface area contributed by atoms with Crippen LogP contribution in [0.1, 0.15) is 103 Å². The van der Waals surface area contributed by atoms with Crippen LogP contribution in [0.2, 0.25) is 0 Å². The number of unbranched alkanes of at least 4 members (excludes halogenated alkanes) is 3. The number of fused-ring (bicyclic) bond motifs is 1. The highest BCUT2D eigenvalue weighted by atomic mass is 16.7. The molecular formula is C27H44O5. The molecule has 5 heteroatoms. The van der Waals surface area contributed by atoms with Gasteiger partial charge in [0.05, 0.1) is 13.2 Å². The Morgan fingerprint density at radius 2 is 1.97 bits per heavy atom. The summed E-state index contributed by atoms with van der Waals surface area (Å²) >= 11 is 0. The molecule has 0 aromatic carbocycles. The van der Waals surface area contributed by atoms with Crippen LogP contribution in [0, 0.1) is 17.8 Å². The van der Waals surface area contributed by atoms with E-state index in [4.69, 9.17) is 14.2 Å². The van der Waals surface area contributed by atoms with Crippen LogP contribution < -0.4 is 0 Å². The number of esters is 1. The highest BCUT2D eigenvalue weighted by molar-refractivity contribution is 5.78. The van der Waals surface area contributed by atoms with Crippen molar-refractivity contribution >= 4 is 11.8 Å². The normalized spacial score (nSPS) is 31.1. The van der Waals surface area contributed by atoms with Gasteiger partial charge in [-0.1, -0.05) is 31.4 Å². The van der Waals surface area contributed by atoms with Crippen molar-refractivity contribution in [2.45, 2.75) is 116 Å². The number of rotatable bonds is 13. The lowest BCUT2D eigenvalue weighted by Crippen LogP contribution is -2.31. The summed E-state index contributed by atoms with van der Waals surface area (Å²) in [5.41, 5.74) is 1.54. The van der Waals surface area contributed by atoms with E-state index in [1.807, 2.05) is 0 Å². The SMILES string of the molecule is CCCCCC(=O)CC[C@@H]1[C@H]2CC(=CCCCC(=O)OC)C[C@H]2C[C@H]1OC1CCCCO1. The van der Waals surface area contributed by atoms with Crippen LogP contribution >= 0.6 is 0 Å². The fourth-order valence-electron chi connectivity index (χ4n) is 5.96. The molecule has 1 unspecified atom stereocenters. The molecule has 0 aromatic rings. The van der Waals surface area contributed by atoms with Crippen molar-refractivity contribution < 1.29 is 23.8 Å². The van der Waals surface area contributed by atoms with Crippen molar-refractivity contribution in [3.8, 4) is 0 Å².